The van der Waals surface area contributed by atoms with Gasteiger partial charge in [0.1, 0.15) is 17.2 Å². The van der Waals surface area contributed by atoms with Gasteiger partial charge < -0.3 is 9.32 Å². The number of nitrogens with zero attached hydrogens (tertiary/aromatic N) is 2. The van der Waals surface area contributed by atoms with E-state index in [2.05, 4.69) is 5.32 Å². The zero-order valence-corrected chi connectivity index (χ0v) is 15.7. The second kappa shape index (κ2) is 7.90. The highest BCUT2D eigenvalue weighted by molar-refractivity contribution is 6.30. The van der Waals surface area contributed by atoms with E-state index in [1.165, 1.54) is 18.4 Å². The zero-order valence-electron chi connectivity index (χ0n) is 15.7. The minimum atomic E-state index is -0.819. The van der Waals surface area contributed by atoms with Crippen LogP contribution in [0, 0.1) is 5.82 Å². The lowest BCUT2D eigenvalue weighted by molar-refractivity contribution is -0.130. The third kappa shape index (κ3) is 3.91. The molecule has 8 heteroatoms. The average Bonchev–Trinajstić information content (AvgIpc) is 3.22. The molecule has 4 rings (SSSR count). The molecule has 0 unspecified atom stereocenters. The van der Waals surface area contributed by atoms with E-state index in [1.54, 1.807) is 24.3 Å². The Bertz CT molecular complexity index is 978. The number of urea groups is 1. The van der Waals surface area contributed by atoms with E-state index in [1.807, 2.05) is 4.90 Å². The van der Waals surface area contributed by atoms with E-state index < -0.39 is 23.7 Å². The second-order valence-corrected chi connectivity index (χ2v) is 7.05. The quantitative estimate of drug-likeness (QED) is 0.633. The van der Waals surface area contributed by atoms with Crippen LogP contribution in [0.15, 0.2) is 46.6 Å². The first-order valence-corrected chi connectivity index (χ1v) is 9.48. The minimum absolute atomic E-state index is 0.107. The van der Waals surface area contributed by atoms with Crippen LogP contribution in [-0.4, -0.2) is 35.8 Å². The number of halogens is 1. The lowest BCUT2D eigenvalue weighted by Gasteiger charge is -2.29. The summed E-state index contributed by atoms with van der Waals surface area (Å²) in [4.78, 5) is 39.8. The predicted molar refractivity (Wildman–Crippen MR) is 103 cm³/mol. The Morgan fingerprint density at radius 3 is 2.59 bits per heavy atom. The van der Waals surface area contributed by atoms with Crippen LogP contribution in [0.3, 0.4) is 0 Å². The van der Waals surface area contributed by atoms with Crippen molar-refractivity contribution in [3.8, 4) is 0 Å². The number of amides is 4. The summed E-state index contributed by atoms with van der Waals surface area (Å²) in [5, 5.41) is 2.14. The predicted octanol–water partition coefficient (Wildman–Crippen LogP) is 3.07. The molecule has 0 aliphatic carbocycles. The van der Waals surface area contributed by atoms with Crippen molar-refractivity contribution < 1.29 is 23.2 Å². The Morgan fingerprint density at radius 2 is 1.90 bits per heavy atom. The van der Waals surface area contributed by atoms with Crippen LogP contribution >= 0.6 is 0 Å². The van der Waals surface area contributed by atoms with E-state index >= 15 is 0 Å². The maximum Gasteiger partial charge on any atom is 0.331 e. The number of imide groups is 2. The first-order chi connectivity index (χ1) is 14.0. The number of carbonyl (C=O) groups is 3. The van der Waals surface area contributed by atoms with Gasteiger partial charge >= 0.3 is 6.03 Å². The number of hydrogen-bond donors (Lipinski definition) is 1. The topological polar surface area (TPSA) is 82.9 Å². The van der Waals surface area contributed by atoms with Crippen molar-refractivity contribution in [3.63, 3.8) is 0 Å². The lowest BCUT2D eigenvalue weighted by atomic mass is 10.1. The van der Waals surface area contributed by atoms with Gasteiger partial charge in [0.25, 0.3) is 11.8 Å². The highest BCUT2D eigenvalue weighted by Gasteiger charge is 2.36. The van der Waals surface area contributed by atoms with Crippen molar-refractivity contribution in [2.45, 2.75) is 25.8 Å². The highest BCUT2D eigenvalue weighted by atomic mass is 19.1. The number of hydrogen-bond acceptors (Lipinski definition) is 5. The van der Waals surface area contributed by atoms with E-state index in [9.17, 15) is 18.8 Å². The Morgan fingerprint density at radius 1 is 1.10 bits per heavy atom. The number of piperidine rings is 1. The third-order valence-corrected chi connectivity index (χ3v) is 5.06. The molecule has 3 heterocycles. The van der Waals surface area contributed by atoms with Crippen molar-refractivity contribution in [3.05, 3.63) is 59.3 Å². The van der Waals surface area contributed by atoms with Crippen molar-refractivity contribution in [1.29, 1.82) is 0 Å². The van der Waals surface area contributed by atoms with Gasteiger partial charge in [0.2, 0.25) is 0 Å². The lowest BCUT2D eigenvalue weighted by Crippen LogP contribution is -2.53. The molecule has 150 valence electrons. The molecule has 2 saturated heterocycles. The van der Waals surface area contributed by atoms with E-state index in [4.69, 9.17) is 4.42 Å². The molecule has 0 spiro atoms. The molecular weight excluding hydrogens is 377 g/mol. The fourth-order valence-electron chi connectivity index (χ4n) is 3.57. The SMILES string of the molecule is O=C1NC(=O)N(Cc2ccco2)C(=O)/C1=C/c1ccc(N2CCCCC2)c(F)c1. The van der Waals surface area contributed by atoms with Gasteiger partial charge in [-0.3, -0.25) is 19.8 Å². The molecule has 29 heavy (non-hydrogen) atoms. The summed E-state index contributed by atoms with van der Waals surface area (Å²) in [7, 11) is 0. The van der Waals surface area contributed by atoms with Crippen LogP contribution in [0.5, 0.6) is 0 Å². The monoisotopic (exact) mass is 397 g/mol. The smallest absolute Gasteiger partial charge is 0.331 e. The number of anilines is 1. The van der Waals surface area contributed by atoms with E-state index in [0.29, 0.717) is 17.0 Å². The molecule has 0 saturated carbocycles. The molecule has 2 aromatic rings. The molecule has 2 aliphatic heterocycles. The van der Waals surface area contributed by atoms with Crippen molar-refractivity contribution in [2.75, 3.05) is 18.0 Å². The van der Waals surface area contributed by atoms with Crippen LogP contribution in [-0.2, 0) is 16.1 Å². The van der Waals surface area contributed by atoms with Crippen LogP contribution in [0.2, 0.25) is 0 Å². The van der Waals surface area contributed by atoms with Gasteiger partial charge in [-0.2, -0.15) is 0 Å². The number of barbiturate groups is 1. The van der Waals surface area contributed by atoms with Gasteiger partial charge in [-0.15, -0.1) is 0 Å². The van der Waals surface area contributed by atoms with Crippen LogP contribution < -0.4 is 10.2 Å². The first kappa shape index (κ1) is 18.9. The largest absolute Gasteiger partial charge is 0.467 e. The van der Waals surface area contributed by atoms with Crippen molar-refractivity contribution in [1.82, 2.24) is 10.2 Å². The second-order valence-electron chi connectivity index (χ2n) is 7.05. The number of rotatable bonds is 4. The normalized spacial score (nSPS) is 19.1. The van der Waals surface area contributed by atoms with Crippen molar-refractivity contribution in [2.24, 2.45) is 0 Å². The summed E-state index contributed by atoms with van der Waals surface area (Å²) >= 11 is 0. The van der Waals surface area contributed by atoms with Gasteiger partial charge in [0.05, 0.1) is 18.5 Å². The molecule has 1 aromatic heterocycles. The van der Waals surface area contributed by atoms with Gasteiger partial charge in [0, 0.05) is 13.1 Å². The third-order valence-electron chi connectivity index (χ3n) is 5.06. The molecule has 4 amide bonds. The minimum Gasteiger partial charge on any atom is -0.467 e. The molecule has 0 bridgehead atoms. The van der Waals surface area contributed by atoms with Crippen molar-refractivity contribution >= 4 is 29.6 Å². The van der Waals surface area contributed by atoms with Crippen LogP contribution in [0.25, 0.3) is 6.08 Å². The summed E-state index contributed by atoms with van der Waals surface area (Å²) in [6.45, 7) is 1.51. The molecular formula is C21H20FN3O4. The number of furan rings is 1. The summed E-state index contributed by atoms with van der Waals surface area (Å²) in [5.74, 6) is -1.57. The number of benzene rings is 1. The number of carbonyl (C=O) groups excluding carboxylic acids is 3. The molecule has 0 radical (unpaired) electrons. The summed E-state index contributed by atoms with van der Waals surface area (Å²) in [6.07, 6.45) is 5.92. The standard InChI is InChI=1S/C21H20FN3O4/c22-17-12-14(6-7-18(17)24-8-2-1-3-9-24)11-16-19(26)23-21(28)25(20(16)27)13-15-5-4-10-29-15/h4-7,10-12H,1-3,8-9,13H2,(H,23,26,28)/b16-11+. The fraction of sp³-hybridized carbons (Fsp3) is 0.286. The summed E-state index contributed by atoms with van der Waals surface area (Å²) < 4.78 is 19.8. The van der Waals surface area contributed by atoms with Gasteiger partial charge in [-0.05, 0) is 55.2 Å². The molecule has 2 aliphatic rings. The van der Waals surface area contributed by atoms with Crippen LogP contribution in [0.4, 0.5) is 14.9 Å². The Kier molecular flexibility index (Phi) is 5.16. The van der Waals surface area contributed by atoms with Gasteiger partial charge in [0.15, 0.2) is 0 Å². The maximum atomic E-state index is 14.6. The molecule has 2 fully saturated rings. The number of nitrogens with one attached hydrogen (secondary N) is 1. The maximum absolute atomic E-state index is 14.6. The van der Waals surface area contributed by atoms with Gasteiger partial charge in [-0.1, -0.05) is 6.07 Å². The molecule has 0 atom stereocenters. The van der Waals surface area contributed by atoms with E-state index in [0.717, 1.165) is 37.3 Å². The molecule has 7 nitrogen and oxygen atoms in total. The van der Waals surface area contributed by atoms with Gasteiger partial charge in [-0.25, -0.2) is 9.18 Å². The first-order valence-electron chi connectivity index (χ1n) is 9.48. The Hall–Kier alpha value is -3.42. The van der Waals surface area contributed by atoms with Crippen LogP contribution in [0.1, 0.15) is 30.6 Å². The van der Waals surface area contributed by atoms with E-state index in [-0.39, 0.29) is 12.1 Å². The zero-order chi connectivity index (χ0) is 20.4. The fourth-order valence-corrected chi connectivity index (χ4v) is 3.57. The summed E-state index contributed by atoms with van der Waals surface area (Å²) in [5.41, 5.74) is 0.649. The molecule has 1 N–H and O–H groups in total. The average molecular weight is 397 g/mol. The molecule has 1 aromatic carbocycles. The Labute approximate surface area is 166 Å². The summed E-state index contributed by atoms with van der Waals surface area (Å²) in [6, 6.07) is 7.05. The Balaban J connectivity index is 1.58. The highest BCUT2D eigenvalue weighted by Crippen LogP contribution is 2.25.